The molecule has 1 saturated carbocycles. The molecule has 0 aromatic heterocycles. The molecule has 1 fully saturated rings. The van der Waals surface area contributed by atoms with Gasteiger partial charge in [0.2, 0.25) is 5.78 Å². The number of aromatic hydroxyl groups is 1. The van der Waals surface area contributed by atoms with Crippen molar-refractivity contribution in [2.24, 2.45) is 17.4 Å². The fraction of sp³-hybridized carbons (Fsp3) is 0.355. The van der Waals surface area contributed by atoms with E-state index >= 15 is 0 Å². The largest absolute Gasteiger partial charge is 0.508 e. The van der Waals surface area contributed by atoms with Crippen molar-refractivity contribution in [2.75, 3.05) is 38.4 Å². The maximum absolute atomic E-state index is 14.2. The van der Waals surface area contributed by atoms with Gasteiger partial charge in [0.25, 0.3) is 5.91 Å². The van der Waals surface area contributed by atoms with Crippen molar-refractivity contribution in [3.63, 3.8) is 0 Å². The summed E-state index contributed by atoms with van der Waals surface area (Å²) in [5.41, 5.74) is 7.48. The summed E-state index contributed by atoms with van der Waals surface area (Å²) in [4.78, 5) is 55.6. The molecule has 2 aromatic carbocycles. The van der Waals surface area contributed by atoms with Crippen molar-refractivity contribution in [1.82, 2.24) is 4.90 Å². The number of anilines is 2. The number of carbonyl (C=O) groups excluding carboxylic acids is 4. The number of ketones is 2. The molecular formula is C31H35N5O9. The van der Waals surface area contributed by atoms with Crippen LogP contribution in [0.25, 0.3) is 5.76 Å². The molecule has 3 aliphatic carbocycles. The van der Waals surface area contributed by atoms with E-state index in [0.29, 0.717) is 11.3 Å². The predicted molar refractivity (Wildman–Crippen MR) is 163 cm³/mol. The zero-order chi connectivity index (χ0) is 33.3. The Morgan fingerprint density at radius 1 is 1.07 bits per heavy atom. The van der Waals surface area contributed by atoms with Crippen molar-refractivity contribution >= 4 is 40.7 Å². The van der Waals surface area contributed by atoms with Gasteiger partial charge in [-0.3, -0.25) is 24.6 Å². The number of phenols is 1. The van der Waals surface area contributed by atoms with Gasteiger partial charge in [0.05, 0.1) is 28.4 Å². The van der Waals surface area contributed by atoms with Crippen LogP contribution in [-0.4, -0.2) is 94.3 Å². The molecule has 0 bridgehead atoms. The Kier molecular flexibility index (Phi) is 7.43. The number of nitrogens with two attached hydrogens (primary N) is 2. The minimum absolute atomic E-state index is 0.156. The number of hydrogen-bond donors (Lipinski definition) is 7. The van der Waals surface area contributed by atoms with E-state index in [0.717, 1.165) is 5.56 Å². The van der Waals surface area contributed by atoms with Gasteiger partial charge in [0, 0.05) is 25.7 Å². The second-order valence-electron chi connectivity index (χ2n) is 12.2. The molecule has 14 heteroatoms. The molecule has 2 aromatic rings. The van der Waals surface area contributed by atoms with Crippen LogP contribution in [-0.2, 0) is 20.8 Å². The van der Waals surface area contributed by atoms with E-state index in [-0.39, 0.29) is 29.8 Å². The molecule has 0 aliphatic heterocycles. The van der Waals surface area contributed by atoms with Gasteiger partial charge >= 0.3 is 6.09 Å². The Hall–Kier alpha value is -4.92. The van der Waals surface area contributed by atoms with Gasteiger partial charge in [-0.2, -0.15) is 0 Å². The van der Waals surface area contributed by atoms with Crippen LogP contribution in [0.5, 0.6) is 11.5 Å². The molecule has 9 N–H and O–H groups in total. The first kappa shape index (κ1) is 31.5. The number of primary amides is 1. The third kappa shape index (κ3) is 4.69. The highest BCUT2D eigenvalue weighted by Crippen LogP contribution is 2.55. The number of rotatable bonds is 5. The fourth-order valence-corrected chi connectivity index (χ4v) is 6.74. The van der Waals surface area contributed by atoms with Crippen LogP contribution in [0.15, 0.2) is 47.2 Å². The molecule has 0 radical (unpaired) electrons. The minimum atomic E-state index is -2.86. The molecule has 0 saturated heterocycles. The summed E-state index contributed by atoms with van der Waals surface area (Å²) < 4.78 is 5.31. The molecule has 0 unspecified atom stereocenters. The van der Waals surface area contributed by atoms with Crippen molar-refractivity contribution in [1.29, 1.82) is 0 Å². The SMILES string of the molecule is Cc1ccc(OC(=O)Nc2cc(N(C)C)c3c(c2O)C(O)=C2C(=O)[C@]4(O)C(O)=C(C(N)=O)C(=O)[C@@H](N(C)C)[C@@H]4C[C@]2(N)C3)cc1. The highest BCUT2D eigenvalue weighted by Gasteiger charge is 2.67. The van der Waals surface area contributed by atoms with Crippen molar-refractivity contribution in [3.8, 4) is 11.5 Å². The Balaban J connectivity index is 1.67. The van der Waals surface area contributed by atoms with E-state index in [1.165, 1.54) is 25.1 Å². The van der Waals surface area contributed by atoms with Crippen LogP contribution in [0.1, 0.15) is 23.1 Å². The van der Waals surface area contributed by atoms with E-state index in [1.807, 2.05) is 6.92 Å². The van der Waals surface area contributed by atoms with Crippen molar-refractivity contribution in [2.45, 2.75) is 36.9 Å². The number of fused-ring (bicyclic) bond motifs is 3. The first-order chi connectivity index (χ1) is 20.9. The number of hydrogen-bond acceptors (Lipinski definition) is 12. The second-order valence-corrected chi connectivity index (χ2v) is 12.2. The van der Waals surface area contributed by atoms with Gasteiger partial charge in [-0.1, -0.05) is 17.7 Å². The standard InChI is InChI=1S/C31H35N5O9/c1-13-6-8-14(9-7-13)45-29(43)34-17-10-18(35(2)3)15-11-30(33)12-16-22(36(4)5)25(39)20(28(32)42)26(40)31(16,44)27(41)21(30)24(38)19(15)23(17)37/h6-10,16,22,37-38,40,44H,11-12,33H2,1-5H3,(H2,32,42)(H,34,43)/t16-,22-,30+,31+/m0/s1. The zero-order valence-corrected chi connectivity index (χ0v) is 25.3. The van der Waals surface area contributed by atoms with Crippen molar-refractivity contribution in [3.05, 3.63) is 63.9 Å². The summed E-state index contributed by atoms with van der Waals surface area (Å²) in [6.07, 6.45) is -1.40. The number of Topliss-reactive ketones (excluding diaryl/α,β-unsaturated/α-hetero) is 2. The minimum Gasteiger partial charge on any atom is -0.508 e. The molecular weight excluding hydrogens is 586 g/mol. The highest BCUT2D eigenvalue weighted by molar-refractivity contribution is 6.25. The van der Waals surface area contributed by atoms with Gasteiger partial charge in [0.15, 0.2) is 17.1 Å². The number of carbonyl (C=O) groups is 4. The first-order valence-electron chi connectivity index (χ1n) is 14.0. The number of aryl methyl sites for hydroxylation is 1. The van der Waals surface area contributed by atoms with Gasteiger partial charge in [-0.25, -0.2) is 4.79 Å². The zero-order valence-electron chi connectivity index (χ0n) is 25.3. The first-order valence-corrected chi connectivity index (χ1v) is 14.0. The number of aliphatic hydroxyl groups excluding tert-OH is 2. The van der Waals surface area contributed by atoms with E-state index in [1.54, 1.807) is 43.3 Å². The van der Waals surface area contributed by atoms with Gasteiger partial charge in [0.1, 0.15) is 22.8 Å². The van der Waals surface area contributed by atoms with Gasteiger partial charge in [-0.05, 0) is 57.6 Å². The molecule has 4 atom stereocenters. The summed E-state index contributed by atoms with van der Waals surface area (Å²) in [7, 11) is 6.36. The van der Waals surface area contributed by atoms with E-state index in [9.17, 15) is 39.6 Å². The van der Waals surface area contributed by atoms with Crippen LogP contribution < -0.4 is 26.4 Å². The van der Waals surface area contributed by atoms with Crippen LogP contribution in [0.4, 0.5) is 16.2 Å². The third-order valence-electron chi connectivity index (χ3n) is 8.79. The average Bonchev–Trinajstić information content (AvgIpc) is 2.92. The Labute approximate surface area is 258 Å². The lowest BCUT2D eigenvalue weighted by Gasteiger charge is -2.53. The monoisotopic (exact) mass is 621 g/mol. The van der Waals surface area contributed by atoms with Crippen LogP contribution in [0.2, 0.25) is 0 Å². The van der Waals surface area contributed by atoms with Crippen LogP contribution >= 0.6 is 0 Å². The molecule has 0 heterocycles. The summed E-state index contributed by atoms with van der Waals surface area (Å²) in [6.45, 7) is 1.87. The lowest BCUT2D eigenvalue weighted by atomic mass is 9.55. The molecule has 2 amide bonds. The normalized spacial score (nSPS) is 25.9. The number of amides is 2. The van der Waals surface area contributed by atoms with Gasteiger partial charge < -0.3 is 41.5 Å². The van der Waals surface area contributed by atoms with Crippen LogP contribution in [0.3, 0.4) is 0 Å². The summed E-state index contributed by atoms with van der Waals surface area (Å²) >= 11 is 0. The Morgan fingerprint density at radius 2 is 1.69 bits per heavy atom. The van der Waals surface area contributed by atoms with Crippen molar-refractivity contribution < 1.29 is 44.3 Å². The molecule has 45 heavy (non-hydrogen) atoms. The topological polar surface area (TPSA) is 229 Å². The molecule has 0 spiro atoms. The summed E-state index contributed by atoms with van der Waals surface area (Å²) in [5, 5.41) is 48.4. The number of ether oxygens (including phenoxy) is 1. The number of aliphatic hydroxyl groups is 3. The summed E-state index contributed by atoms with van der Waals surface area (Å²) in [5.74, 6) is -7.25. The number of phenolic OH excluding ortho intramolecular Hbond substituents is 1. The predicted octanol–water partition coefficient (Wildman–Crippen LogP) is 1.03. The lowest BCUT2D eigenvalue weighted by molar-refractivity contribution is -0.154. The Morgan fingerprint density at radius 3 is 2.24 bits per heavy atom. The lowest BCUT2D eigenvalue weighted by Crippen LogP contribution is -2.70. The van der Waals surface area contributed by atoms with E-state index in [2.05, 4.69) is 5.32 Å². The molecule has 14 nitrogen and oxygen atoms in total. The third-order valence-corrected chi connectivity index (χ3v) is 8.79. The molecule has 5 rings (SSSR count). The van der Waals surface area contributed by atoms with Crippen LogP contribution in [0, 0.1) is 12.8 Å². The highest BCUT2D eigenvalue weighted by atomic mass is 16.6. The smallest absolute Gasteiger partial charge is 0.417 e. The average molecular weight is 622 g/mol. The second kappa shape index (κ2) is 10.6. The quantitative estimate of drug-likeness (QED) is 0.183. The number of nitrogens with one attached hydrogen (secondary N) is 1. The number of likely N-dealkylation sites (N-methyl/N-ethyl adjacent to an activating group) is 1. The number of benzene rings is 2. The maximum Gasteiger partial charge on any atom is 0.417 e. The fourth-order valence-electron chi connectivity index (χ4n) is 6.74. The maximum atomic E-state index is 14.2. The molecule has 3 aliphatic rings. The Bertz CT molecular complexity index is 1730. The summed E-state index contributed by atoms with van der Waals surface area (Å²) in [6, 6.07) is 6.83. The van der Waals surface area contributed by atoms with E-state index in [4.69, 9.17) is 16.2 Å². The van der Waals surface area contributed by atoms with E-state index < -0.39 is 75.1 Å². The van der Waals surface area contributed by atoms with Gasteiger partial charge in [-0.15, -0.1) is 0 Å². The molecule has 238 valence electrons. The number of nitrogens with zero attached hydrogens (tertiary/aromatic N) is 2.